The number of carbonyl (C=O) groups is 3. The highest BCUT2D eigenvalue weighted by Crippen LogP contribution is 2.14. The fourth-order valence-electron chi connectivity index (χ4n) is 3.20. The topological polar surface area (TPSA) is 208 Å². The molecule has 1 aromatic heterocycles. The molecule has 0 aliphatic carbocycles. The molecule has 0 saturated carbocycles. The van der Waals surface area contributed by atoms with Gasteiger partial charge in [0.05, 0.1) is 6.04 Å². The highest BCUT2D eigenvalue weighted by atomic mass is 16.4. The van der Waals surface area contributed by atoms with Crippen LogP contribution in [0.5, 0.6) is 0 Å². The molecule has 9 N–H and O–H groups in total. The SMILES string of the molecule is N=C(N)N1CC=C(CC(N)C(=O)NCCCC(=O)NC(Cc2ccc(CO)o2)C(=O)O)C1. The number of amides is 2. The van der Waals surface area contributed by atoms with E-state index in [0.717, 1.165) is 5.57 Å². The van der Waals surface area contributed by atoms with Crippen molar-refractivity contribution in [2.45, 2.75) is 44.4 Å². The maximum absolute atomic E-state index is 12.1. The number of furan rings is 1. The highest BCUT2D eigenvalue weighted by Gasteiger charge is 2.23. The van der Waals surface area contributed by atoms with E-state index in [-0.39, 0.29) is 37.9 Å². The minimum atomic E-state index is -1.20. The van der Waals surface area contributed by atoms with E-state index in [1.54, 1.807) is 11.0 Å². The maximum Gasteiger partial charge on any atom is 0.326 e. The molecule has 2 amide bonds. The summed E-state index contributed by atoms with van der Waals surface area (Å²) >= 11 is 0. The predicted octanol–water partition coefficient (Wildman–Crippen LogP) is -1.37. The van der Waals surface area contributed by atoms with Crippen molar-refractivity contribution < 1.29 is 29.0 Å². The molecule has 0 radical (unpaired) electrons. The Hall–Kier alpha value is -3.38. The Kier molecular flexibility index (Phi) is 9.22. The largest absolute Gasteiger partial charge is 0.480 e. The lowest BCUT2D eigenvalue weighted by Crippen LogP contribution is -2.43. The van der Waals surface area contributed by atoms with Gasteiger partial charge in [-0.3, -0.25) is 15.0 Å². The van der Waals surface area contributed by atoms with Crippen LogP contribution in [0.15, 0.2) is 28.2 Å². The molecule has 2 heterocycles. The number of nitrogens with two attached hydrogens (primary N) is 2. The lowest BCUT2D eigenvalue weighted by atomic mass is 10.1. The van der Waals surface area contributed by atoms with Gasteiger partial charge in [0, 0.05) is 32.5 Å². The monoisotopic (exact) mass is 450 g/mol. The van der Waals surface area contributed by atoms with Crippen molar-refractivity contribution in [3.05, 3.63) is 35.3 Å². The van der Waals surface area contributed by atoms with Crippen LogP contribution in [0.1, 0.15) is 30.8 Å². The van der Waals surface area contributed by atoms with Crippen molar-refractivity contribution >= 4 is 23.7 Å². The summed E-state index contributed by atoms with van der Waals surface area (Å²) < 4.78 is 5.26. The van der Waals surface area contributed by atoms with Crippen molar-refractivity contribution in [2.24, 2.45) is 11.5 Å². The summed E-state index contributed by atoms with van der Waals surface area (Å²) in [5.74, 6) is -1.41. The van der Waals surface area contributed by atoms with Gasteiger partial charge < -0.3 is 41.6 Å². The summed E-state index contributed by atoms with van der Waals surface area (Å²) in [5, 5.41) is 30.8. The number of aliphatic carboxylic acids is 1. The number of rotatable bonds is 12. The second-order valence-electron chi connectivity index (χ2n) is 7.52. The fraction of sp³-hybridized carbons (Fsp3) is 0.500. The standard InChI is InChI=1S/C20H30N6O6/c21-15(8-12-5-7-26(10-12)20(22)23)18(29)24-6-1-2-17(28)25-16(19(30)31)9-13-3-4-14(11-27)32-13/h3-5,15-16,27H,1-2,6-11,21H2,(H3,22,23)(H,24,29)(H,25,28)(H,30,31). The zero-order chi connectivity index (χ0) is 23.7. The Bertz CT molecular complexity index is 867. The Morgan fingerprint density at radius 2 is 1.97 bits per heavy atom. The van der Waals surface area contributed by atoms with E-state index in [1.165, 1.54) is 6.07 Å². The summed E-state index contributed by atoms with van der Waals surface area (Å²) in [7, 11) is 0. The van der Waals surface area contributed by atoms with Crippen molar-refractivity contribution in [2.75, 3.05) is 19.6 Å². The molecule has 2 unspecified atom stereocenters. The first-order chi connectivity index (χ1) is 15.2. The number of carboxylic acid groups (broad SMARTS) is 1. The van der Waals surface area contributed by atoms with Crippen LogP contribution in [0.25, 0.3) is 0 Å². The van der Waals surface area contributed by atoms with E-state index in [9.17, 15) is 19.5 Å². The number of carbonyl (C=O) groups excluding carboxylic acids is 2. The highest BCUT2D eigenvalue weighted by molar-refractivity contribution is 5.84. The fourth-order valence-corrected chi connectivity index (χ4v) is 3.20. The summed E-state index contributed by atoms with van der Waals surface area (Å²) in [6, 6.07) is 1.16. The first-order valence-electron chi connectivity index (χ1n) is 10.2. The molecule has 12 nitrogen and oxygen atoms in total. The third-order valence-corrected chi connectivity index (χ3v) is 4.95. The molecule has 0 saturated heterocycles. The summed E-state index contributed by atoms with van der Waals surface area (Å²) in [5.41, 5.74) is 12.3. The summed E-state index contributed by atoms with van der Waals surface area (Å²) in [6.07, 6.45) is 2.53. The molecule has 0 bridgehead atoms. The van der Waals surface area contributed by atoms with Gasteiger partial charge in [-0.2, -0.15) is 0 Å². The first-order valence-corrected chi connectivity index (χ1v) is 10.2. The van der Waals surface area contributed by atoms with Gasteiger partial charge in [-0.15, -0.1) is 0 Å². The normalized spacial score (nSPS) is 15.1. The van der Waals surface area contributed by atoms with Crippen LogP contribution in [0, 0.1) is 5.41 Å². The molecule has 32 heavy (non-hydrogen) atoms. The van der Waals surface area contributed by atoms with E-state index >= 15 is 0 Å². The Balaban J connectivity index is 1.67. The number of aliphatic hydroxyl groups is 1. The van der Waals surface area contributed by atoms with E-state index in [1.807, 2.05) is 6.08 Å². The van der Waals surface area contributed by atoms with Gasteiger partial charge in [-0.1, -0.05) is 11.6 Å². The average molecular weight is 450 g/mol. The Labute approximate surface area is 185 Å². The van der Waals surface area contributed by atoms with Crippen LogP contribution in [-0.4, -0.2) is 70.6 Å². The Morgan fingerprint density at radius 1 is 1.25 bits per heavy atom. The lowest BCUT2D eigenvalue weighted by molar-refractivity contribution is -0.141. The van der Waals surface area contributed by atoms with Crippen LogP contribution in [0.4, 0.5) is 0 Å². The smallest absolute Gasteiger partial charge is 0.326 e. The molecule has 2 atom stereocenters. The van der Waals surface area contributed by atoms with Crippen molar-refractivity contribution in [1.29, 1.82) is 5.41 Å². The van der Waals surface area contributed by atoms with Crippen molar-refractivity contribution in [3.63, 3.8) is 0 Å². The van der Waals surface area contributed by atoms with Crippen LogP contribution < -0.4 is 22.1 Å². The number of nitrogens with zero attached hydrogens (tertiary/aromatic N) is 1. The van der Waals surface area contributed by atoms with E-state index in [4.69, 9.17) is 26.4 Å². The van der Waals surface area contributed by atoms with Gasteiger partial charge in [0.15, 0.2) is 5.96 Å². The molecule has 176 valence electrons. The molecule has 1 aromatic rings. The molecule has 0 spiro atoms. The van der Waals surface area contributed by atoms with E-state index in [2.05, 4.69) is 10.6 Å². The second-order valence-corrected chi connectivity index (χ2v) is 7.52. The van der Waals surface area contributed by atoms with Gasteiger partial charge >= 0.3 is 5.97 Å². The first kappa shape index (κ1) is 24.9. The predicted molar refractivity (Wildman–Crippen MR) is 114 cm³/mol. The zero-order valence-electron chi connectivity index (χ0n) is 17.7. The van der Waals surface area contributed by atoms with Gasteiger partial charge in [-0.05, 0) is 25.0 Å². The molecular formula is C20H30N6O6. The van der Waals surface area contributed by atoms with Crippen LogP contribution in [-0.2, 0) is 27.4 Å². The van der Waals surface area contributed by atoms with Crippen molar-refractivity contribution in [1.82, 2.24) is 15.5 Å². The molecule has 1 aliphatic rings. The van der Waals surface area contributed by atoms with Crippen LogP contribution in [0.2, 0.25) is 0 Å². The lowest BCUT2D eigenvalue weighted by Gasteiger charge is -2.17. The van der Waals surface area contributed by atoms with Crippen LogP contribution in [0.3, 0.4) is 0 Å². The molecule has 2 rings (SSSR count). The molecule has 0 fully saturated rings. The third kappa shape index (κ3) is 7.71. The molecule has 0 aromatic carbocycles. The van der Waals surface area contributed by atoms with E-state index in [0.29, 0.717) is 37.5 Å². The number of hydrogen-bond donors (Lipinski definition) is 7. The van der Waals surface area contributed by atoms with E-state index < -0.39 is 24.0 Å². The van der Waals surface area contributed by atoms with Crippen LogP contribution >= 0.6 is 0 Å². The number of carboxylic acids is 1. The third-order valence-electron chi connectivity index (χ3n) is 4.95. The van der Waals surface area contributed by atoms with Gasteiger partial charge in [0.1, 0.15) is 24.2 Å². The number of nitrogens with one attached hydrogen (secondary N) is 3. The minimum absolute atomic E-state index is 0.0259. The number of guanidine groups is 1. The second kappa shape index (κ2) is 11.9. The average Bonchev–Trinajstić information content (AvgIpc) is 3.39. The minimum Gasteiger partial charge on any atom is -0.480 e. The summed E-state index contributed by atoms with van der Waals surface area (Å²) in [4.78, 5) is 37.3. The van der Waals surface area contributed by atoms with Gasteiger partial charge in [-0.25, -0.2) is 4.79 Å². The molecule has 1 aliphatic heterocycles. The Morgan fingerprint density at radius 3 is 2.56 bits per heavy atom. The zero-order valence-corrected chi connectivity index (χ0v) is 17.7. The quantitative estimate of drug-likeness (QED) is 0.0866. The number of aliphatic hydroxyl groups excluding tert-OH is 1. The van der Waals surface area contributed by atoms with Gasteiger partial charge in [0.2, 0.25) is 11.8 Å². The molecular weight excluding hydrogens is 420 g/mol. The van der Waals surface area contributed by atoms with Gasteiger partial charge in [0.25, 0.3) is 0 Å². The number of hydrogen-bond acceptors (Lipinski definition) is 7. The van der Waals surface area contributed by atoms with Crippen molar-refractivity contribution in [3.8, 4) is 0 Å². The summed E-state index contributed by atoms with van der Waals surface area (Å²) in [6.45, 7) is 0.913. The maximum atomic E-state index is 12.1. The molecule has 12 heteroatoms.